The van der Waals surface area contributed by atoms with Crippen molar-refractivity contribution >= 4 is 5.97 Å². The smallest absolute Gasteiger partial charge is 0.306 e. The lowest BCUT2D eigenvalue weighted by atomic mass is 9.94. The zero-order chi connectivity index (χ0) is 12.7. The van der Waals surface area contributed by atoms with E-state index in [4.69, 9.17) is 15.2 Å². The van der Waals surface area contributed by atoms with Crippen LogP contribution in [0.5, 0.6) is 0 Å². The molecular formula is C13H25NO3. The Labute approximate surface area is 104 Å². The van der Waals surface area contributed by atoms with Gasteiger partial charge in [0.1, 0.15) is 6.61 Å². The summed E-state index contributed by atoms with van der Waals surface area (Å²) in [5.74, 6) is 0.665. The van der Waals surface area contributed by atoms with Crippen molar-refractivity contribution in [1.29, 1.82) is 0 Å². The first-order chi connectivity index (χ1) is 8.11. The summed E-state index contributed by atoms with van der Waals surface area (Å²) >= 11 is 0. The zero-order valence-electron chi connectivity index (χ0n) is 11.0. The highest BCUT2D eigenvalue weighted by atomic mass is 16.6. The van der Waals surface area contributed by atoms with Crippen molar-refractivity contribution in [2.24, 2.45) is 17.6 Å². The predicted molar refractivity (Wildman–Crippen MR) is 66.5 cm³/mol. The van der Waals surface area contributed by atoms with Crippen LogP contribution in [0, 0.1) is 11.8 Å². The summed E-state index contributed by atoms with van der Waals surface area (Å²) in [6.07, 6.45) is 3.59. The van der Waals surface area contributed by atoms with Gasteiger partial charge in [-0.25, -0.2) is 0 Å². The Hall–Kier alpha value is -0.610. The van der Waals surface area contributed by atoms with Crippen LogP contribution in [0.15, 0.2) is 0 Å². The summed E-state index contributed by atoms with van der Waals surface area (Å²) in [5, 5.41) is 0. The highest BCUT2D eigenvalue weighted by Gasteiger charge is 2.19. The molecule has 0 amide bonds. The SMILES string of the molecule is CC(C)C[C@H](CN)CC(=O)OCC1CCCO1. The van der Waals surface area contributed by atoms with E-state index in [1.165, 1.54) is 0 Å². The van der Waals surface area contributed by atoms with Crippen LogP contribution in [0.4, 0.5) is 0 Å². The number of carbonyl (C=O) groups excluding carboxylic acids is 1. The second-order valence-electron chi connectivity index (χ2n) is 5.25. The minimum Gasteiger partial charge on any atom is -0.463 e. The van der Waals surface area contributed by atoms with Gasteiger partial charge in [-0.3, -0.25) is 4.79 Å². The van der Waals surface area contributed by atoms with Crippen LogP contribution in [-0.2, 0) is 14.3 Å². The van der Waals surface area contributed by atoms with Crippen LogP contribution in [0.25, 0.3) is 0 Å². The molecular weight excluding hydrogens is 218 g/mol. The molecule has 1 fully saturated rings. The summed E-state index contributed by atoms with van der Waals surface area (Å²) in [5.41, 5.74) is 5.66. The monoisotopic (exact) mass is 243 g/mol. The molecule has 1 heterocycles. The molecule has 0 aromatic carbocycles. The second-order valence-corrected chi connectivity index (χ2v) is 5.25. The van der Waals surface area contributed by atoms with Gasteiger partial charge in [0.25, 0.3) is 0 Å². The van der Waals surface area contributed by atoms with E-state index in [0.717, 1.165) is 25.9 Å². The molecule has 0 spiro atoms. The summed E-state index contributed by atoms with van der Waals surface area (Å²) in [7, 11) is 0. The number of rotatable bonds is 7. The lowest BCUT2D eigenvalue weighted by Gasteiger charge is -2.17. The molecule has 0 aliphatic carbocycles. The van der Waals surface area contributed by atoms with Gasteiger partial charge < -0.3 is 15.2 Å². The van der Waals surface area contributed by atoms with Crippen molar-refractivity contribution in [2.45, 2.75) is 45.6 Å². The molecule has 0 aromatic rings. The average Bonchev–Trinajstić information content (AvgIpc) is 2.77. The van der Waals surface area contributed by atoms with Gasteiger partial charge in [-0.15, -0.1) is 0 Å². The van der Waals surface area contributed by atoms with E-state index in [1.807, 2.05) is 0 Å². The van der Waals surface area contributed by atoms with Crippen LogP contribution in [0.1, 0.15) is 39.5 Å². The second kappa shape index (κ2) is 7.67. The van der Waals surface area contributed by atoms with Crippen LogP contribution >= 0.6 is 0 Å². The quantitative estimate of drug-likeness (QED) is 0.692. The predicted octanol–water partition coefficient (Wildman–Crippen LogP) is 1.72. The number of nitrogens with two attached hydrogens (primary N) is 1. The topological polar surface area (TPSA) is 61.6 Å². The third-order valence-electron chi connectivity index (χ3n) is 3.05. The lowest BCUT2D eigenvalue weighted by molar-refractivity contribution is -0.148. The van der Waals surface area contributed by atoms with Gasteiger partial charge in [0, 0.05) is 13.0 Å². The fourth-order valence-corrected chi connectivity index (χ4v) is 2.19. The van der Waals surface area contributed by atoms with E-state index in [-0.39, 0.29) is 18.0 Å². The molecule has 1 saturated heterocycles. The standard InChI is InChI=1S/C13H25NO3/c1-10(2)6-11(8-14)7-13(15)17-9-12-4-3-5-16-12/h10-12H,3-9,14H2,1-2H3/t11-,12?/m0/s1. The largest absolute Gasteiger partial charge is 0.463 e. The molecule has 0 bridgehead atoms. The molecule has 1 aliphatic rings. The minimum atomic E-state index is -0.142. The first kappa shape index (κ1) is 14.5. The molecule has 0 saturated carbocycles. The van der Waals surface area contributed by atoms with Gasteiger partial charge in [-0.2, -0.15) is 0 Å². The maximum Gasteiger partial charge on any atom is 0.306 e. The molecule has 4 heteroatoms. The van der Waals surface area contributed by atoms with Gasteiger partial charge in [0.2, 0.25) is 0 Å². The Morgan fingerprint density at radius 2 is 2.29 bits per heavy atom. The molecule has 4 nitrogen and oxygen atoms in total. The molecule has 2 atom stereocenters. The molecule has 1 rings (SSSR count). The van der Waals surface area contributed by atoms with Gasteiger partial charge in [0.15, 0.2) is 0 Å². The molecule has 17 heavy (non-hydrogen) atoms. The van der Waals surface area contributed by atoms with E-state index in [1.54, 1.807) is 0 Å². The molecule has 2 N–H and O–H groups in total. The van der Waals surface area contributed by atoms with E-state index >= 15 is 0 Å². The molecule has 0 radical (unpaired) electrons. The number of carbonyl (C=O) groups is 1. The first-order valence-electron chi connectivity index (χ1n) is 6.59. The summed E-state index contributed by atoms with van der Waals surface area (Å²) in [6.45, 7) is 6.02. The van der Waals surface area contributed by atoms with Gasteiger partial charge in [0.05, 0.1) is 6.10 Å². The van der Waals surface area contributed by atoms with Crippen LogP contribution in [-0.4, -0.2) is 31.8 Å². The Bertz CT molecular complexity index is 225. The zero-order valence-corrected chi connectivity index (χ0v) is 11.0. The summed E-state index contributed by atoms with van der Waals surface area (Å²) in [4.78, 5) is 11.6. The van der Waals surface area contributed by atoms with Crippen LogP contribution in [0.2, 0.25) is 0 Å². The highest BCUT2D eigenvalue weighted by Crippen LogP contribution is 2.16. The average molecular weight is 243 g/mol. The summed E-state index contributed by atoms with van der Waals surface area (Å²) < 4.78 is 10.6. The lowest BCUT2D eigenvalue weighted by Crippen LogP contribution is -2.23. The van der Waals surface area contributed by atoms with Crippen LogP contribution < -0.4 is 5.73 Å². The van der Waals surface area contributed by atoms with E-state index in [0.29, 0.717) is 25.5 Å². The third-order valence-corrected chi connectivity index (χ3v) is 3.05. The van der Waals surface area contributed by atoms with E-state index in [2.05, 4.69) is 13.8 Å². The van der Waals surface area contributed by atoms with Crippen molar-refractivity contribution < 1.29 is 14.3 Å². The molecule has 0 aromatic heterocycles. The Morgan fingerprint density at radius 3 is 2.82 bits per heavy atom. The van der Waals surface area contributed by atoms with E-state index in [9.17, 15) is 4.79 Å². The number of ether oxygens (including phenoxy) is 2. The number of hydrogen-bond acceptors (Lipinski definition) is 4. The maximum atomic E-state index is 11.6. The van der Waals surface area contributed by atoms with Crippen molar-refractivity contribution in [3.63, 3.8) is 0 Å². The normalized spacial score (nSPS) is 21.8. The van der Waals surface area contributed by atoms with Crippen LogP contribution in [0.3, 0.4) is 0 Å². The molecule has 100 valence electrons. The van der Waals surface area contributed by atoms with E-state index < -0.39 is 0 Å². The van der Waals surface area contributed by atoms with Gasteiger partial charge >= 0.3 is 5.97 Å². The Morgan fingerprint density at radius 1 is 1.53 bits per heavy atom. The van der Waals surface area contributed by atoms with Crippen molar-refractivity contribution in [1.82, 2.24) is 0 Å². The maximum absolute atomic E-state index is 11.6. The minimum absolute atomic E-state index is 0.111. The molecule has 1 aliphatic heterocycles. The fraction of sp³-hybridized carbons (Fsp3) is 0.923. The van der Waals surface area contributed by atoms with Crippen molar-refractivity contribution in [3.8, 4) is 0 Å². The van der Waals surface area contributed by atoms with Gasteiger partial charge in [-0.05, 0) is 37.6 Å². The number of hydrogen-bond donors (Lipinski definition) is 1. The fourth-order valence-electron chi connectivity index (χ4n) is 2.19. The van der Waals surface area contributed by atoms with Crippen molar-refractivity contribution in [2.75, 3.05) is 19.8 Å². The highest BCUT2D eigenvalue weighted by molar-refractivity contribution is 5.69. The Kier molecular flexibility index (Phi) is 6.52. The van der Waals surface area contributed by atoms with Gasteiger partial charge in [-0.1, -0.05) is 13.8 Å². The van der Waals surface area contributed by atoms with Crippen molar-refractivity contribution in [3.05, 3.63) is 0 Å². The first-order valence-corrected chi connectivity index (χ1v) is 6.59. The molecule has 1 unspecified atom stereocenters. The number of esters is 1. The summed E-state index contributed by atoms with van der Waals surface area (Å²) in [6, 6.07) is 0. The Balaban J connectivity index is 2.17. The third kappa shape index (κ3) is 6.03.